The zero-order valence-corrected chi connectivity index (χ0v) is 13.7. The lowest BCUT2D eigenvalue weighted by atomic mass is 9.76. The standard InChI is InChI=1S/C19H31N/c1-5-15-9-12-16(6-2)18(13-15)19(20-4)17-10-7-14(3)8-11-17/h9,12-14,17,19-20H,5-8,10-11H2,1-4H3. The molecule has 0 spiro atoms. The molecule has 0 amide bonds. The zero-order chi connectivity index (χ0) is 14.5. The van der Waals surface area contributed by atoms with E-state index in [4.69, 9.17) is 0 Å². The Morgan fingerprint density at radius 2 is 1.80 bits per heavy atom. The molecule has 1 N–H and O–H groups in total. The van der Waals surface area contributed by atoms with Crippen LogP contribution in [0.25, 0.3) is 0 Å². The maximum Gasteiger partial charge on any atom is 0.0348 e. The molecule has 1 aliphatic carbocycles. The van der Waals surface area contributed by atoms with E-state index in [0.717, 1.165) is 24.7 Å². The first-order valence-corrected chi connectivity index (χ1v) is 8.48. The summed E-state index contributed by atoms with van der Waals surface area (Å²) in [7, 11) is 2.14. The van der Waals surface area contributed by atoms with Gasteiger partial charge >= 0.3 is 0 Å². The monoisotopic (exact) mass is 273 g/mol. The molecule has 1 saturated carbocycles. The number of hydrogen-bond acceptors (Lipinski definition) is 1. The maximum absolute atomic E-state index is 3.63. The molecule has 112 valence electrons. The summed E-state index contributed by atoms with van der Waals surface area (Å²) in [4.78, 5) is 0. The van der Waals surface area contributed by atoms with Crippen molar-refractivity contribution in [1.82, 2.24) is 5.32 Å². The van der Waals surface area contributed by atoms with E-state index in [9.17, 15) is 0 Å². The van der Waals surface area contributed by atoms with Gasteiger partial charge < -0.3 is 5.32 Å². The highest BCUT2D eigenvalue weighted by Crippen LogP contribution is 2.38. The number of hydrogen-bond donors (Lipinski definition) is 1. The molecule has 0 aliphatic heterocycles. The Kier molecular flexibility index (Phi) is 5.65. The van der Waals surface area contributed by atoms with Crippen LogP contribution in [0.3, 0.4) is 0 Å². The van der Waals surface area contributed by atoms with Crippen LogP contribution in [0.4, 0.5) is 0 Å². The average molecular weight is 273 g/mol. The van der Waals surface area contributed by atoms with Crippen LogP contribution in [0.2, 0.25) is 0 Å². The van der Waals surface area contributed by atoms with Crippen molar-refractivity contribution in [2.75, 3.05) is 7.05 Å². The summed E-state index contributed by atoms with van der Waals surface area (Å²) in [5.41, 5.74) is 4.57. The number of benzene rings is 1. The normalized spacial score (nSPS) is 24.6. The second-order valence-corrected chi connectivity index (χ2v) is 6.53. The molecule has 1 nitrogen and oxygen atoms in total. The first-order valence-electron chi connectivity index (χ1n) is 8.48. The van der Waals surface area contributed by atoms with Crippen molar-refractivity contribution in [1.29, 1.82) is 0 Å². The fraction of sp³-hybridized carbons (Fsp3) is 0.684. The molecule has 0 radical (unpaired) electrons. The van der Waals surface area contributed by atoms with Gasteiger partial charge in [-0.2, -0.15) is 0 Å². The van der Waals surface area contributed by atoms with Crippen LogP contribution in [0, 0.1) is 11.8 Å². The maximum atomic E-state index is 3.63. The Labute approximate surface area is 125 Å². The Balaban J connectivity index is 2.25. The lowest BCUT2D eigenvalue weighted by Gasteiger charge is -2.34. The lowest BCUT2D eigenvalue weighted by Crippen LogP contribution is -2.29. The lowest BCUT2D eigenvalue weighted by molar-refractivity contribution is 0.237. The van der Waals surface area contributed by atoms with Gasteiger partial charge in [0.2, 0.25) is 0 Å². The first-order chi connectivity index (χ1) is 9.69. The molecule has 1 unspecified atom stereocenters. The molecule has 1 aromatic carbocycles. The Morgan fingerprint density at radius 1 is 1.10 bits per heavy atom. The summed E-state index contributed by atoms with van der Waals surface area (Å²) < 4.78 is 0. The van der Waals surface area contributed by atoms with Gasteiger partial charge in [-0.1, -0.05) is 51.8 Å². The van der Waals surface area contributed by atoms with Crippen LogP contribution in [0.15, 0.2) is 18.2 Å². The van der Waals surface area contributed by atoms with Gasteiger partial charge in [0.15, 0.2) is 0 Å². The summed E-state index contributed by atoms with van der Waals surface area (Å²) in [5, 5.41) is 3.63. The van der Waals surface area contributed by atoms with E-state index in [1.54, 1.807) is 5.56 Å². The van der Waals surface area contributed by atoms with Gasteiger partial charge in [0.1, 0.15) is 0 Å². The molecule has 0 aromatic heterocycles. The van der Waals surface area contributed by atoms with Crippen LogP contribution >= 0.6 is 0 Å². The van der Waals surface area contributed by atoms with Crippen LogP contribution in [0.1, 0.15) is 69.2 Å². The molecule has 1 heteroatoms. The predicted molar refractivity (Wildman–Crippen MR) is 88.1 cm³/mol. The first kappa shape index (κ1) is 15.6. The third-order valence-corrected chi connectivity index (χ3v) is 5.18. The summed E-state index contributed by atoms with van der Waals surface area (Å²) in [6, 6.07) is 7.66. The Morgan fingerprint density at radius 3 is 2.35 bits per heavy atom. The number of nitrogens with one attached hydrogen (secondary N) is 1. The fourth-order valence-corrected chi connectivity index (χ4v) is 3.74. The van der Waals surface area contributed by atoms with Gasteiger partial charge in [-0.25, -0.2) is 0 Å². The van der Waals surface area contributed by atoms with Crippen molar-refractivity contribution in [3.8, 4) is 0 Å². The van der Waals surface area contributed by atoms with E-state index in [2.05, 4.69) is 51.3 Å². The molecule has 1 aliphatic rings. The molecule has 0 heterocycles. The molecular weight excluding hydrogens is 242 g/mol. The van der Waals surface area contributed by atoms with Gasteiger partial charge in [0.25, 0.3) is 0 Å². The van der Waals surface area contributed by atoms with E-state index in [0.29, 0.717) is 6.04 Å². The SMILES string of the molecule is CCc1ccc(CC)c(C(NC)C2CCC(C)CC2)c1. The van der Waals surface area contributed by atoms with Crippen LogP contribution in [-0.4, -0.2) is 7.05 Å². The summed E-state index contributed by atoms with van der Waals surface area (Å²) in [5.74, 6) is 1.74. The minimum atomic E-state index is 0.545. The quantitative estimate of drug-likeness (QED) is 0.804. The van der Waals surface area contributed by atoms with E-state index in [-0.39, 0.29) is 0 Å². The average Bonchev–Trinajstić information content (AvgIpc) is 2.49. The van der Waals surface area contributed by atoms with Gasteiger partial charge in [-0.05, 0) is 61.3 Å². The predicted octanol–water partition coefficient (Wildman–Crippen LogP) is 4.90. The summed E-state index contributed by atoms with van der Waals surface area (Å²) in [6.07, 6.45) is 7.84. The highest BCUT2D eigenvalue weighted by atomic mass is 14.9. The molecule has 1 fully saturated rings. The highest BCUT2D eigenvalue weighted by Gasteiger charge is 2.27. The minimum Gasteiger partial charge on any atom is -0.313 e. The smallest absolute Gasteiger partial charge is 0.0348 e. The number of aryl methyl sites for hydroxylation is 2. The summed E-state index contributed by atoms with van der Waals surface area (Å²) >= 11 is 0. The van der Waals surface area contributed by atoms with E-state index in [1.807, 2.05) is 0 Å². The van der Waals surface area contributed by atoms with Crippen LogP contribution < -0.4 is 5.32 Å². The van der Waals surface area contributed by atoms with Gasteiger partial charge in [0, 0.05) is 6.04 Å². The van der Waals surface area contributed by atoms with Crippen molar-refractivity contribution < 1.29 is 0 Å². The Bertz CT molecular complexity index is 416. The van der Waals surface area contributed by atoms with Crippen molar-refractivity contribution in [2.45, 2.75) is 65.3 Å². The topological polar surface area (TPSA) is 12.0 Å². The highest BCUT2D eigenvalue weighted by molar-refractivity contribution is 5.35. The molecule has 1 atom stereocenters. The molecule has 1 aromatic rings. The second kappa shape index (κ2) is 7.26. The third-order valence-electron chi connectivity index (χ3n) is 5.18. The van der Waals surface area contributed by atoms with E-state index >= 15 is 0 Å². The second-order valence-electron chi connectivity index (χ2n) is 6.53. The fourth-order valence-electron chi connectivity index (χ4n) is 3.74. The minimum absolute atomic E-state index is 0.545. The zero-order valence-electron chi connectivity index (χ0n) is 13.7. The molecule has 2 rings (SSSR count). The van der Waals surface area contributed by atoms with Crippen molar-refractivity contribution in [3.63, 3.8) is 0 Å². The van der Waals surface area contributed by atoms with Crippen LogP contribution in [0.5, 0.6) is 0 Å². The van der Waals surface area contributed by atoms with Crippen molar-refractivity contribution in [2.24, 2.45) is 11.8 Å². The molecule has 20 heavy (non-hydrogen) atoms. The largest absolute Gasteiger partial charge is 0.313 e. The van der Waals surface area contributed by atoms with Crippen molar-refractivity contribution >= 4 is 0 Å². The third kappa shape index (κ3) is 3.44. The molecule has 0 saturated heterocycles. The summed E-state index contributed by atoms with van der Waals surface area (Å²) in [6.45, 7) is 6.93. The van der Waals surface area contributed by atoms with Gasteiger partial charge in [0.05, 0.1) is 0 Å². The van der Waals surface area contributed by atoms with Crippen LogP contribution in [-0.2, 0) is 12.8 Å². The van der Waals surface area contributed by atoms with Gasteiger partial charge in [-0.3, -0.25) is 0 Å². The number of rotatable bonds is 5. The van der Waals surface area contributed by atoms with Gasteiger partial charge in [-0.15, -0.1) is 0 Å². The molecule has 0 bridgehead atoms. The van der Waals surface area contributed by atoms with E-state index < -0.39 is 0 Å². The van der Waals surface area contributed by atoms with E-state index in [1.165, 1.54) is 36.8 Å². The van der Waals surface area contributed by atoms with Crippen molar-refractivity contribution in [3.05, 3.63) is 34.9 Å². The Hall–Kier alpha value is -0.820. The molecular formula is C19H31N.